The summed E-state index contributed by atoms with van der Waals surface area (Å²) in [5.74, 6) is -0.508. The van der Waals surface area contributed by atoms with Crippen LogP contribution >= 0.6 is 12.4 Å². The van der Waals surface area contributed by atoms with Crippen LogP contribution in [0.5, 0.6) is 0 Å². The normalized spacial score (nSPS) is 12.3. The minimum absolute atomic E-state index is 0. The topological polar surface area (TPSA) is 12.5 Å². The molecule has 2 nitrogen and oxygen atoms in total. The molecule has 0 aliphatic carbocycles. The van der Waals surface area contributed by atoms with Crippen LogP contribution in [0.15, 0.2) is 36.4 Å². The molecule has 0 radical (unpaired) electrons. The number of nitrogens with zero attached hydrogens (tertiary/aromatic N) is 1. The lowest BCUT2D eigenvalue weighted by atomic mass is 9.85. The predicted molar refractivity (Wildman–Crippen MR) is 119 cm³/mol. The van der Waals surface area contributed by atoms with E-state index >= 15 is 0 Å². The van der Waals surface area contributed by atoms with Crippen molar-refractivity contribution >= 4 is 12.4 Å². The standard InChI is InChI=1S/C24H33F2NO.ClH/c1-6-19(7-2)15-27(28-5)16-20(24-17(3)10-8-11-18(24)4)14-21-22(25)12-9-13-23(21)26;/h8-13,19-20H,6-7,14-16H2,1-5H3;1H. The summed E-state index contributed by atoms with van der Waals surface area (Å²) < 4.78 is 28.8. The Hall–Kier alpha value is -1.49. The quantitative estimate of drug-likeness (QED) is 0.396. The third-order valence-corrected chi connectivity index (χ3v) is 5.76. The molecule has 2 rings (SSSR count). The number of aryl methyl sites for hydroxylation is 2. The van der Waals surface area contributed by atoms with Gasteiger partial charge >= 0.3 is 0 Å². The summed E-state index contributed by atoms with van der Waals surface area (Å²) in [5, 5.41) is 1.95. The van der Waals surface area contributed by atoms with E-state index < -0.39 is 11.6 Å². The maximum absolute atomic E-state index is 14.4. The van der Waals surface area contributed by atoms with Gasteiger partial charge in [-0.3, -0.25) is 0 Å². The Morgan fingerprint density at radius 2 is 1.41 bits per heavy atom. The first kappa shape index (κ1) is 25.5. The molecule has 29 heavy (non-hydrogen) atoms. The first-order chi connectivity index (χ1) is 13.4. The molecule has 0 amide bonds. The second-order valence-corrected chi connectivity index (χ2v) is 7.62. The second-order valence-electron chi connectivity index (χ2n) is 7.62. The Morgan fingerprint density at radius 3 is 1.90 bits per heavy atom. The zero-order valence-corrected chi connectivity index (χ0v) is 19.0. The van der Waals surface area contributed by atoms with E-state index in [-0.39, 0.29) is 23.9 Å². The fraction of sp³-hybridized carbons (Fsp3) is 0.500. The van der Waals surface area contributed by atoms with E-state index in [9.17, 15) is 8.78 Å². The smallest absolute Gasteiger partial charge is 0.129 e. The summed E-state index contributed by atoms with van der Waals surface area (Å²) in [7, 11) is 1.67. The van der Waals surface area contributed by atoms with Gasteiger partial charge in [0.25, 0.3) is 0 Å². The molecular weight excluding hydrogens is 392 g/mol. The van der Waals surface area contributed by atoms with Crippen molar-refractivity contribution < 1.29 is 13.6 Å². The SMILES string of the molecule is CCC(CC)CN(CC(Cc1c(F)cccc1F)c1c(C)cccc1C)OC.Cl. The molecule has 0 saturated heterocycles. The van der Waals surface area contributed by atoms with Crippen LogP contribution < -0.4 is 0 Å². The summed E-state index contributed by atoms with van der Waals surface area (Å²) in [6.07, 6.45) is 2.45. The highest BCUT2D eigenvalue weighted by Crippen LogP contribution is 2.30. The maximum atomic E-state index is 14.4. The molecule has 2 aromatic carbocycles. The van der Waals surface area contributed by atoms with Crippen LogP contribution in [0.1, 0.15) is 54.9 Å². The van der Waals surface area contributed by atoms with Crippen LogP contribution in [0, 0.1) is 31.4 Å². The van der Waals surface area contributed by atoms with Crippen molar-refractivity contribution in [2.75, 3.05) is 20.2 Å². The Balaban J connectivity index is 0.00000420. The predicted octanol–water partition coefficient (Wildman–Crippen LogP) is 6.63. The second kappa shape index (κ2) is 12.3. The van der Waals surface area contributed by atoms with Crippen LogP contribution in [-0.2, 0) is 11.3 Å². The highest BCUT2D eigenvalue weighted by Gasteiger charge is 2.24. The van der Waals surface area contributed by atoms with Crippen molar-refractivity contribution in [1.82, 2.24) is 5.06 Å². The minimum Gasteiger partial charge on any atom is -0.302 e. The van der Waals surface area contributed by atoms with Crippen molar-refractivity contribution in [3.63, 3.8) is 0 Å². The van der Waals surface area contributed by atoms with E-state index in [0.29, 0.717) is 18.9 Å². The molecule has 0 spiro atoms. The summed E-state index contributed by atoms with van der Waals surface area (Å²) in [4.78, 5) is 5.66. The first-order valence-corrected chi connectivity index (χ1v) is 10.2. The van der Waals surface area contributed by atoms with Crippen LogP contribution in [0.25, 0.3) is 0 Å². The average molecular weight is 426 g/mol. The van der Waals surface area contributed by atoms with Crippen molar-refractivity contribution in [2.24, 2.45) is 5.92 Å². The third-order valence-electron chi connectivity index (χ3n) is 5.76. The lowest BCUT2D eigenvalue weighted by Gasteiger charge is -2.30. The molecule has 162 valence electrons. The van der Waals surface area contributed by atoms with Crippen molar-refractivity contribution in [3.05, 3.63) is 70.3 Å². The van der Waals surface area contributed by atoms with E-state index in [1.165, 1.54) is 18.2 Å². The Labute approximate surface area is 180 Å². The van der Waals surface area contributed by atoms with Crippen molar-refractivity contribution in [3.8, 4) is 0 Å². The zero-order chi connectivity index (χ0) is 20.7. The Kier molecular flexibility index (Phi) is 10.8. The third kappa shape index (κ3) is 6.77. The van der Waals surface area contributed by atoms with E-state index in [1.807, 2.05) is 11.1 Å². The van der Waals surface area contributed by atoms with Crippen LogP contribution in [0.3, 0.4) is 0 Å². The molecule has 0 aromatic heterocycles. The largest absolute Gasteiger partial charge is 0.302 e. The molecule has 0 fully saturated rings. The summed E-state index contributed by atoms with van der Waals surface area (Å²) >= 11 is 0. The van der Waals surface area contributed by atoms with Gasteiger partial charge in [-0.15, -0.1) is 12.4 Å². The lowest BCUT2D eigenvalue weighted by Crippen LogP contribution is -2.33. The van der Waals surface area contributed by atoms with E-state index in [1.54, 1.807) is 7.11 Å². The van der Waals surface area contributed by atoms with Gasteiger partial charge in [-0.2, -0.15) is 5.06 Å². The molecule has 0 N–H and O–H groups in total. The van der Waals surface area contributed by atoms with Crippen LogP contribution in [0.4, 0.5) is 8.78 Å². The Morgan fingerprint density at radius 1 is 0.897 bits per heavy atom. The molecule has 1 atom stereocenters. The van der Waals surface area contributed by atoms with Crippen molar-refractivity contribution in [2.45, 2.75) is 52.9 Å². The van der Waals surface area contributed by atoms with Gasteiger partial charge < -0.3 is 4.84 Å². The van der Waals surface area contributed by atoms with Gasteiger partial charge in [0.05, 0.1) is 7.11 Å². The molecule has 0 heterocycles. The van der Waals surface area contributed by atoms with Gasteiger partial charge in [-0.1, -0.05) is 51.0 Å². The zero-order valence-electron chi connectivity index (χ0n) is 18.2. The van der Waals surface area contributed by atoms with Crippen LogP contribution in [0.2, 0.25) is 0 Å². The molecule has 0 aliphatic rings. The van der Waals surface area contributed by atoms with Gasteiger partial charge in [-0.05, 0) is 55.0 Å². The lowest BCUT2D eigenvalue weighted by molar-refractivity contribution is -0.143. The first-order valence-electron chi connectivity index (χ1n) is 10.2. The van der Waals surface area contributed by atoms with Gasteiger partial charge in [0.1, 0.15) is 11.6 Å². The molecule has 0 bridgehead atoms. The summed E-state index contributed by atoms with van der Waals surface area (Å²) in [5.41, 5.74) is 3.58. The van der Waals surface area contributed by atoms with E-state index in [0.717, 1.165) is 36.1 Å². The Bertz CT molecular complexity index is 724. The molecule has 1 unspecified atom stereocenters. The van der Waals surface area contributed by atoms with Crippen LogP contribution in [-0.4, -0.2) is 25.3 Å². The molecule has 2 aromatic rings. The number of rotatable bonds is 10. The number of hydrogen-bond donors (Lipinski definition) is 0. The van der Waals surface area contributed by atoms with Gasteiger partial charge in [0.15, 0.2) is 0 Å². The number of hydrogen-bond acceptors (Lipinski definition) is 2. The average Bonchev–Trinajstić information content (AvgIpc) is 2.67. The summed E-state index contributed by atoms with van der Waals surface area (Å²) in [6, 6.07) is 10.2. The number of benzene rings is 2. The molecule has 0 saturated carbocycles. The fourth-order valence-electron chi connectivity index (χ4n) is 4.01. The fourth-order valence-corrected chi connectivity index (χ4v) is 4.01. The number of halogens is 3. The number of hydroxylamine groups is 2. The minimum atomic E-state index is -0.486. The molecule has 5 heteroatoms. The van der Waals surface area contributed by atoms with Crippen molar-refractivity contribution in [1.29, 1.82) is 0 Å². The highest BCUT2D eigenvalue weighted by molar-refractivity contribution is 5.85. The molecular formula is C24H34ClF2NO. The van der Waals surface area contributed by atoms with Gasteiger partial charge in [-0.25, -0.2) is 8.78 Å². The van der Waals surface area contributed by atoms with Gasteiger partial charge in [0.2, 0.25) is 0 Å². The van der Waals surface area contributed by atoms with E-state index in [2.05, 4.69) is 39.8 Å². The summed E-state index contributed by atoms with van der Waals surface area (Å²) in [6.45, 7) is 9.88. The van der Waals surface area contributed by atoms with E-state index in [4.69, 9.17) is 4.84 Å². The monoisotopic (exact) mass is 425 g/mol. The maximum Gasteiger partial charge on any atom is 0.129 e. The van der Waals surface area contributed by atoms with Gasteiger partial charge in [0, 0.05) is 24.6 Å². The highest BCUT2D eigenvalue weighted by atomic mass is 35.5. The molecule has 0 aliphatic heterocycles.